The lowest BCUT2D eigenvalue weighted by molar-refractivity contribution is 0.614. The van der Waals surface area contributed by atoms with Crippen molar-refractivity contribution in [1.29, 1.82) is 0 Å². The summed E-state index contributed by atoms with van der Waals surface area (Å²) in [5.74, 6) is -0.254. The van der Waals surface area contributed by atoms with E-state index in [0.717, 1.165) is 21.2 Å². The van der Waals surface area contributed by atoms with Crippen LogP contribution in [0.2, 0.25) is 0 Å². The Morgan fingerprint density at radius 3 is 2.58 bits per heavy atom. The number of hydrogen-bond acceptors (Lipinski definition) is 1. The van der Waals surface area contributed by atoms with E-state index in [1.807, 2.05) is 31.2 Å². The summed E-state index contributed by atoms with van der Waals surface area (Å²) in [4.78, 5) is 0. The molecule has 4 heteroatoms. The van der Waals surface area contributed by atoms with Crippen LogP contribution in [-0.2, 0) is 6.42 Å². The van der Waals surface area contributed by atoms with Crippen LogP contribution >= 0.6 is 31.9 Å². The molecule has 0 radical (unpaired) electrons. The van der Waals surface area contributed by atoms with Crippen molar-refractivity contribution in [2.75, 3.05) is 0 Å². The fourth-order valence-corrected chi connectivity index (χ4v) is 2.89. The van der Waals surface area contributed by atoms with E-state index < -0.39 is 0 Å². The summed E-state index contributed by atoms with van der Waals surface area (Å²) in [7, 11) is 0. The third-order valence-electron chi connectivity index (χ3n) is 3.18. The molecule has 0 fully saturated rings. The summed E-state index contributed by atoms with van der Waals surface area (Å²) in [5, 5.41) is 0. The summed E-state index contributed by atoms with van der Waals surface area (Å²) in [6, 6.07) is 10.8. The first kappa shape index (κ1) is 14.7. The topological polar surface area (TPSA) is 26.0 Å². The molecule has 2 aromatic rings. The minimum Gasteiger partial charge on any atom is -0.324 e. The minimum atomic E-state index is -0.254. The number of benzene rings is 2. The van der Waals surface area contributed by atoms with Crippen molar-refractivity contribution < 1.29 is 4.39 Å². The molecule has 1 unspecified atom stereocenters. The van der Waals surface area contributed by atoms with E-state index in [4.69, 9.17) is 5.73 Å². The van der Waals surface area contributed by atoms with Gasteiger partial charge in [-0.2, -0.15) is 0 Å². The Hall–Kier alpha value is -0.710. The maximum Gasteiger partial charge on any atom is 0.137 e. The third kappa shape index (κ3) is 3.25. The Kier molecular flexibility index (Phi) is 4.76. The molecule has 2 aromatic carbocycles. The van der Waals surface area contributed by atoms with Crippen molar-refractivity contribution >= 4 is 31.9 Å². The molecule has 0 heterocycles. The Morgan fingerprint density at radius 2 is 1.84 bits per heavy atom. The molecule has 1 atom stereocenters. The van der Waals surface area contributed by atoms with E-state index in [9.17, 15) is 4.39 Å². The molecule has 100 valence electrons. The Bertz CT molecular complexity index is 599. The Balaban J connectivity index is 2.28. The second-order valence-electron chi connectivity index (χ2n) is 4.48. The highest BCUT2D eigenvalue weighted by atomic mass is 79.9. The lowest BCUT2D eigenvalue weighted by atomic mass is 9.96. The van der Waals surface area contributed by atoms with Crippen molar-refractivity contribution in [3.05, 3.63) is 67.9 Å². The number of rotatable bonds is 3. The molecule has 1 nitrogen and oxygen atoms in total. The summed E-state index contributed by atoms with van der Waals surface area (Å²) in [6.07, 6.45) is 0.593. The van der Waals surface area contributed by atoms with Gasteiger partial charge in [0.2, 0.25) is 0 Å². The van der Waals surface area contributed by atoms with Crippen molar-refractivity contribution in [2.45, 2.75) is 19.4 Å². The number of nitrogens with two attached hydrogens (primary N) is 1. The van der Waals surface area contributed by atoms with Crippen molar-refractivity contribution in [3.63, 3.8) is 0 Å². The minimum absolute atomic E-state index is 0.157. The van der Waals surface area contributed by atoms with E-state index >= 15 is 0 Å². The molecule has 0 bridgehead atoms. The SMILES string of the molecule is Cc1c(Br)cccc1C(N)Cc1cccc(F)c1Br. The van der Waals surface area contributed by atoms with Gasteiger partial charge in [0.05, 0.1) is 4.47 Å². The fourth-order valence-electron chi connectivity index (χ4n) is 2.08. The molecule has 2 N–H and O–H groups in total. The zero-order valence-corrected chi connectivity index (χ0v) is 13.6. The normalized spacial score (nSPS) is 12.5. The molecule has 0 aliphatic heterocycles. The molecular formula is C15H14Br2FN. The van der Waals surface area contributed by atoms with Gasteiger partial charge in [0.25, 0.3) is 0 Å². The van der Waals surface area contributed by atoms with Gasteiger partial charge in [-0.25, -0.2) is 4.39 Å². The van der Waals surface area contributed by atoms with Gasteiger partial charge in [-0.15, -0.1) is 0 Å². The van der Waals surface area contributed by atoms with Crippen LogP contribution in [0.3, 0.4) is 0 Å². The molecule has 0 spiro atoms. The fraction of sp³-hybridized carbons (Fsp3) is 0.200. The highest BCUT2D eigenvalue weighted by Gasteiger charge is 2.14. The second kappa shape index (κ2) is 6.16. The Morgan fingerprint density at radius 1 is 1.16 bits per heavy atom. The first-order valence-corrected chi connectivity index (χ1v) is 7.52. The third-order valence-corrected chi connectivity index (χ3v) is 4.93. The molecule has 0 saturated heterocycles. The van der Waals surface area contributed by atoms with Crippen LogP contribution in [0.5, 0.6) is 0 Å². The molecule has 0 amide bonds. The first-order valence-electron chi connectivity index (χ1n) is 5.94. The van der Waals surface area contributed by atoms with Gasteiger partial charge in [0.15, 0.2) is 0 Å². The molecule has 0 aliphatic rings. The summed E-state index contributed by atoms with van der Waals surface area (Å²) >= 11 is 6.78. The average Bonchev–Trinajstić information content (AvgIpc) is 2.38. The predicted molar refractivity (Wildman–Crippen MR) is 83.6 cm³/mol. The maximum absolute atomic E-state index is 13.5. The molecule has 19 heavy (non-hydrogen) atoms. The smallest absolute Gasteiger partial charge is 0.137 e. The van der Waals surface area contributed by atoms with E-state index in [0.29, 0.717) is 10.9 Å². The van der Waals surface area contributed by atoms with Crippen LogP contribution in [0.15, 0.2) is 45.3 Å². The average molecular weight is 387 g/mol. The van der Waals surface area contributed by atoms with E-state index in [1.165, 1.54) is 6.07 Å². The maximum atomic E-state index is 13.5. The number of halogens is 3. The number of hydrogen-bond donors (Lipinski definition) is 1. The quantitative estimate of drug-likeness (QED) is 0.797. The standard InChI is InChI=1S/C15H14Br2FN/c1-9-11(5-3-6-12(9)16)14(19)8-10-4-2-7-13(18)15(10)17/h2-7,14H,8,19H2,1H3. The van der Waals surface area contributed by atoms with Crippen LogP contribution in [0.25, 0.3) is 0 Å². The monoisotopic (exact) mass is 385 g/mol. The van der Waals surface area contributed by atoms with Gasteiger partial charge < -0.3 is 5.73 Å². The lowest BCUT2D eigenvalue weighted by Crippen LogP contribution is -2.15. The van der Waals surface area contributed by atoms with Gasteiger partial charge in [-0.1, -0.05) is 40.2 Å². The van der Waals surface area contributed by atoms with Crippen LogP contribution in [-0.4, -0.2) is 0 Å². The van der Waals surface area contributed by atoms with Crippen molar-refractivity contribution in [2.24, 2.45) is 5.73 Å². The molecule has 0 saturated carbocycles. The van der Waals surface area contributed by atoms with Crippen LogP contribution in [0.1, 0.15) is 22.7 Å². The molecule has 0 aromatic heterocycles. The van der Waals surface area contributed by atoms with Crippen LogP contribution in [0.4, 0.5) is 4.39 Å². The van der Waals surface area contributed by atoms with E-state index in [1.54, 1.807) is 6.07 Å². The molecule has 2 rings (SSSR count). The van der Waals surface area contributed by atoms with Crippen molar-refractivity contribution in [1.82, 2.24) is 0 Å². The highest BCUT2D eigenvalue weighted by Crippen LogP contribution is 2.28. The van der Waals surface area contributed by atoms with Gasteiger partial charge in [-0.3, -0.25) is 0 Å². The first-order chi connectivity index (χ1) is 9.00. The Labute approximate surface area is 129 Å². The molecular weight excluding hydrogens is 373 g/mol. The summed E-state index contributed by atoms with van der Waals surface area (Å²) < 4.78 is 15.0. The van der Waals surface area contributed by atoms with Gasteiger partial charge in [-0.05, 0) is 58.1 Å². The summed E-state index contributed by atoms with van der Waals surface area (Å²) in [5.41, 5.74) is 9.33. The second-order valence-corrected chi connectivity index (χ2v) is 6.12. The van der Waals surface area contributed by atoms with Crippen LogP contribution in [0, 0.1) is 12.7 Å². The summed E-state index contributed by atoms with van der Waals surface area (Å²) in [6.45, 7) is 2.03. The van der Waals surface area contributed by atoms with E-state index in [2.05, 4.69) is 31.9 Å². The van der Waals surface area contributed by atoms with Crippen LogP contribution < -0.4 is 5.73 Å². The zero-order chi connectivity index (χ0) is 14.0. The van der Waals surface area contributed by atoms with Gasteiger partial charge >= 0.3 is 0 Å². The lowest BCUT2D eigenvalue weighted by Gasteiger charge is -2.16. The predicted octanol–water partition coefficient (Wildman–Crippen LogP) is 4.90. The molecule has 0 aliphatic carbocycles. The van der Waals surface area contributed by atoms with E-state index in [-0.39, 0.29) is 11.9 Å². The largest absolute Gasteiger partial charge is 0.324 e. The van der Waals surface area contributed by atoms with Crippen molar-refractivity contribution in [3.8, 4) is 0 Å². The van der Waals surface area contributed by atoms with Gasteiger partial charge in [0, 0.05) is 10.5 Å². The highest BCUT2D eigenvalue weighted by molar-refractivity contribution is 9.10. The zero-order valence-electron chi connectivity index (χ0n) is 10.5. The van der Waals surface area contributed by atoms with Gasteiger partial charge in [0.1, 0.15) is 5.82 Å².